The maximum absolute atomic E-state index is 13.0. The summed E-state index contributed by atoms with van der Waals surface area (Å²) in [7, 11) is 1.86. The lowest BCUT2D eigenvalue weighted by molar-refractivity contribution is 0.0469. The molecule has 7 nitrogen and oxygen atoms in total. The van der Waals surface area contributed by atoms with Crippen molar-refractivity contribution in [1.82, 2.24) is 24.5 Å². The van der Waals surface area contributed by atoms with E-state index in [1.165, 1.54) is 22.7 Å². The van der Waals surface area contributed by atoms with Gasteiger partial charge in [0.05, 0.1) is 22.5 Å². The van der Waals surface area contributed by atoms with Crippen molar-refractivity contribution in [2.45, 2.75) is 6.61 Å². The van der Waals surface area contributed by atoms with Crippen molar-refractivity contribution in [3.8, 4) is 26.8 Å². The summed E-state index contributed by atoms with van der Waals surface area (Å²) >= 11 is 3.03. The number of carbonyl (C=O) groups is 1. The topological polar surface area (TPSA) is 74.8 Å². The van der Waals surface area contributed by atoms with Gasteiger partial charge in [-0.25, -0.2) is 14.5 Å². The zero-order valence-corrected chi connectivity index (χ0v) is 18.1. The molecule has 0 bridgehead atoms. The zero-order valence-electron chi connectivity index (χ0n) is 16.5. The van der Waals surface area contributed by atoms with Crippen LogP contribution in [0.4, 0.5) is 0 Å². The van der Waals surface area contributed by atoms with Gasteiger partial charge in [0.2, 0.25) is 0 Å². The molecule has 1 aromatic carbocycles. The molecular formula is C22H17N5O2S2. The minimum Gasteiger partial charge on any atom is -0.455 e. The molecule has 0 saturated carbocycles. The summed E-state index contributed by atoms with van der Waals surface area (Å²) in [4.78, 5) is 18.4. The number of aromatic nitrogens is 5. The van der Waals surface area contributed by atoms with Crippen molar-refractivity contribution in [2.75, 3.05) is 0 Å². The van der Waals surface area contributed by atoms with Crippen LogP contribution in [0.3, 0.4) is 0 Å². The van der Waals surface area contributed by atoms with Gasteiger partial charge in [-0.2, -0.15) is 10.2 Å². The third-order valence-electron chi connectivity index (χ3n) is 4.56. The van der Waals surface area contributed by atoms with Crippen LogP contribution in [0.15, 0.2) is 71.8 Å². The van der Waals surface area contributed by atoms with Crippen LogP contribution < -0.4 is 0 Å². The van der Waals surface area contributed by atoms with Gasteiger partial charge in [-0.15, -0.1) is 22.7 Å². The molecule has 0 saturated heterocycles. The Balaban J connectivity index is 1.37. The van der Waals surface area contributed by atoms with Gasteiger partial charge >= 0.3 is 5.97 Å². The zero-order chi connectivity index (χ0) is 21.2. The first-order valence-electron chi connectivity index (χ1n) is 9.47. The lowest BCUT2D eigenvalue weighted by Crippen LogP contribution is -2.06. The van der Waals surface area contributed by atoms with E-state index in [-0.39, 0.29) is 6.61 Å². The molecule has 9 heteroatoms. The Morgan fingerprint density at radius 1 is 1.10 bits per heavy atom. The monoisotopic (exact) mass is 447 g/mol. The fourth-order valence-corrected chi connectivity index (χ4v) is 4.59. The number of nitrogens with zero attached hydrogens (tertiary/aromatic N) is 5. The standard InChI is InChI=1S/C22H17N5O2S2/c1-26-11-15(10-23-26)21-24-16(14-31-21)13-29-22(28)18-12-27(17-6-3-2-4-7-17)25-20(18)19-8-5-9-30-19/h2-12,14H,13H2,1H3. The van der Waals surface area contributed by atoms with Gasteiger partial charge in [0.15, 0.2) is 0 Å². The third-order valence-corrected chi connectivity index (χ3v) is 6.38. The first-order chi connectivity index (χ1) is 15.2. The van der Waals surface area contributed by atoms with Gasteiger partial charge in [0, 0.05) is 30.4 Å². The summed E-state index contributed by atoms with van der Waals surface area (Å²) in [5.74, 6) is -0.429. The number of thiazole rings is 1. The number of ether oxygens (including phenoxy) is 1. The second kappa shape index (κ2) is 8.29. The molecule has 0 aliphatic carbocycles. The number of benzene rings is 1. The summed E-state index contributed by atoms with van der Waals surface area (Å²) in [5, 5.41) is 13.5. The third kappa shape index (κ3) is 4.05. The quantitative estimate of drug-likeness (QED) is 0.349. The lowest BCUT2D eigenvalue weighted by atomic mass is 10.2. The SMILES string of the molecule is Cn1cc(-c2nc(COC(=O)c3cn(-c4ccccc4)nc3-c3cccs3)cs2)cn1. The molecule has 0 fully saturated rings. The molecule has 0 aliphatic heterocycles. The number of esters is 1. The number of thiophene rings is 1. The number of carbonyl (C=O) groups excluding carboxylic acids is 1. The fourth-order valence-electron chi connectivity index (χ4n) is 3.09. The van der Waals surface area contributed by atoms with E-state index >= 15 is 0 Å². The molecular weight excluding hydrogens is 430 g/mol. The number of hydrogen-bond donors (Lipinski definition) is 0. The maximum atomic E-state index is 13.0. The predicted molar refractivity (Wildman–Crippen MR) is 120 cm³/mol. The smallest absolute Gasteiger partial charge is 0.342 e. The van der Waals surface area contributed by atoms with Crippen LogP contribution in [0, 0.1) is 0 Å². The van der Waals surface area contributed by atoms with Gasteiger partial charge in [0.25, 0.3) is 0 Å². The molecule has 4 heterocycles. The van der Waals surface area contributed by atoms with Crippen LogP contribution in [-0.2, 0) is 18.4 Å². The largest absolute Gasteiger partial charge is 0.455 e. The van der Waals surface area contributed by atoms with Gasteiger partial charge in [-0.05, 0) is 23.6 Å². The average Bonchev–Trinajstić information content (AvgIpc) is 3.59. The molecule has 0 aliphatic rings. The first kappa shape index (κ1) is 19.4. The van der Waals surface area contributed by atoms with Crippen LogP contribution in [0.25, 0.3) is 26.8 Å². The summed E-state index contributed by atoms with van der Waals surface area (Å²) < 4.78 is 9.02. The Labute approximate surface area is 186 Å². The van der Waals surface area contributed by atoms with Crippen molar-refractivity contribution in [1.29, 1.82) is 0 Å². The van der Waals surface area contributed by atoms with Crippen molar-refractivity contribution in [2.24, 2.45) is 7.05 Å². The Morgan fingerprint density at radius 3 is 2.71 bits per heavy atom. The van der Waals surface area contributed by atoms with Gasteiger partial charge in [0.1, 0.15) is 22.9 Å². The second-order valence-electron chi connectivity index (χ2n) is 6.77. The van der Waals surface area contributed by atoms with Crippen LogP contribution >= 0.6 is 22.7 Å². The van der Waals surface area contributed by atoms with E-state index < -0.39 is 5.97 Å². The van der Waals surface area contributed by atoms with Crippen LogP contribution in [0.5, 0.6) is 0 Å². The van der Waals surface area contributed by atoms with E-state index in [2.05, 4.69) is 15.2 Å². The fraction of sp³-hybridized carbons (Fsp3) is 0.0909. The Morgan fingerprint density at radius 2 is 1.97 bits per heavy atom. The highest BCUT2D eigenvalue weighted by molar-refractivity contribution is 7.13. The Hall–Kier alpha value is -3.56. The summed E-state index contributed by atoms with van der Waals surface area (Å²) in [6.07, 6.45) is 5.38. The molecule has 0 spiro atoms. The van der Waals surface area contributed by atoms with Crippen LogP contribution in [0.1, 0.15) is 16.1 Å². The highest BCUT2D eigenvalue weighted by Gasteiger charge is 2.21. The first-order valence-corrected chi connectivity index (χ1v) is 11.2. The molecule has 154 valence electrons. The number of aryl methyl sites for hydroxylation is 1. The summed E-state index contributed by atoms with van der Waals surface area (Å²) in [5.41, 5.74) is 3.55. The van der Waals surface area contributed by atoms with Crippen LogP contribution in [0.2, 0.25) is 0 Å². The van der Waals surface area contributed by atoms with E-state index in [1.807, 2.05) is 66.5 Å². The average molecular weight is 448 g/mol. The van der Waals surface area contributed by atoms with Gasteiger partial charge in [-0.3, -0.25) is 4.68 Å². The van der Waals surface area contributed by atoms with Crippen molar-refractivity contribution in [3.05, 3.63) is 83.1 Å². The minimum absolute atomic E-state index is 0.0932. The highest BCUT2D eigenvalue weighted by atomic mass is 32.1. The van der Waals surface area contributed by atoms with Gasteiger partial charge in [-0.1, -0.05) is 24.3 Å². The molecule has 0 N–H and O–H groups in total. The van der Waals surface area contributed by atoms with E-state index in [1.54, 1.807) is 21.8 Å². The van der Waals surface area contributed by atoms with Crippen molar-refractivity contribution in [3.63, 3.8) is 0 Å². The maximum Gasteiger partial charge on any atom is 0.342 e. The molecule has 0 atom stereocenters. The van der Waals surface area contributed by atoms with E-state index in [0.717, 1.165) is 21.1 Å². The molecule has 4 aromatic heterocycles. The Bertz CT molecular complexity index is 1320. The van der Waals surface area contributed by atoms with Crippen LogP contribution in [-0.4, -0.2) is 30.5 Å². The molecule has 5 rings (SSSR count). The Kier molecular flexibility index (Phi) is 5.19. The molecule has 31 heavy (non-hydrogen) atoms. The van der Waals surface area contributed by atoms with E-state index in [9.17, 15) is 4.79 Å². The molecule has 0 unspecified atom stereocenters. The van der Waals surface area contributed by atoms with Crippen molar-refractivity contribution >= 4 is 28.6 Å². The molecule has 5 aromatic rings. The predicted octanol–water partition coefficient (Wildman–Crippen LogP) is 4.81. The number of para-hydroxylation sites is 1. The highest BCUT2D eigenvalue weighted by Crippen LogP contribution is 2.29. The normalized spacial score (nSPS) is 11.0. The van der Waals surface area contributed by atoms with Gasteiger partial charge < -0.3 is 4.74 Å². The number of hydrogen-bond acceptors (Lipinski definition) is 7. The summed E-state index contributed by atoms with van der Waals surface area (Å²) in [6.45, 7) is 0.0932. The number of rotatable bonds is 6. The minimum atomic E-state index is -0.429. The van der Waals surface area contributed by atoms with Crippen molar-refractivity contribution < 1.29 is 9.53 Å². The summed E-state index contributed by atoms with van der Waals surface area (Å²) in [6, 6.07) is 13.6. The van der Waals surface area contributed by atoms with E-state index in [0.29, 0.717) is 17.0 Å². The lowest BCUT2D eigenvalue weighted by Gasteiger charge is -2.02. The molecule has 0 amide bonds. The van der Waals surface area contributed by atoms with E-state index in [4.69, 9.17) is 4.74 Å². The second-order valence-corrected chi connectivity index (χ2v) is 8.58. The molecule has 0 radical (unpaired) electrons.